The van der Waals surface area contributed by atoms with Crippen LogP contribution in [0.5, 0.6) is 0 Å². The van der Waals surface area contributed by atoms with Gasteiger partial charge in [0.25, 0.3) is 0 Å². The summed E-state index contributed by atoms with van der Waals surface area (Å²) >= 11 is 0. The van der Waals surface area contributed by atoms with E-state index < -0.39 is 0 Å². The first kappa shape index (κ1) is 19.1. The van der Waals surface area contributed by atoms with Crippen LogP contribution in [0.15, 0.2) is 18.2 Å². The molecule has 5 unspecified atom stereocenters. The van der Waals surface area contributed by atoms with Gasteiger partial charge in [0.05, 0.1) is 17.3 Å². The minimum Gasteiger partial charge on any atom is -0.399 e. The lowest BCUT2D eigenvalue weighted by atomic mass is 9.55. The monoisotopic (exact) mass is 382 g/mol. The van der Waals surface area contributed by atoms with E-state index >= 15 is 0 Å². The van der Waals surface area contributed by atoms with Crippen LogP contribution >= 0.6 is 0 Å². The lowest BCUT2D eigenvalue weighted by Crippen LogP contribution is -2.44. The van der Waals surface area contributed by atoms with Crippen LogP contribution < -0.4 is 5.46 Å². The molecule has 152 valence electrons. The van der Waals surface area contributed by atoms with E-state index in [1.54, 1.807) is 5.56 Å². The molecule has 5 atom stereocenters. The molecular formula is C24H35BO3. The highest BCUT2D eigenvalue weighted by atomic mass is 16.7. The molecule has 1 heterocycles. The van der Waals surface area contributed by atoms with Gasteiger partial charge in [-0.3, -0.25) is 0 Å². The Morgan fingerprint density at radius 2 is 1.68 bits per heavy atom. The van der Waals surface area contributed by atoms with E-state index in [4.69, 9.17) is 9.31 Å². The third-order valence-corrected chi connectivity index (χ3v) is 9.23. The number of rotatable bonds is 1. The van der Waals surface area contributed by atoms with Gasteiger partial charge in [-0.2, -0.15) is 0 Å². The van der Waals surface area contributed by atoms with Gasteiger partial charge < -0.3 is 14.4 Å². The lowest BCUT2D eigenvalue weighted by Gasteiger charge is -2.50. The number of aryl methyl sites for hydroxylation is 1. The molecule has 1 aromatic carbocycles. The fraction of sp³-hybridized carbons (Fsp3) is 0.750. The van der Waals surface area contributed by atoms with Crippen molar-refractivity contribution in [3.63, 3.8) is 0 Å². The first-order valence-corrected chi connectivity index (χ1v) is 11.3. The summed E-state index contributed by atoms with van der Waals surface area (Å²) in [5.74, 6) is 2.10. The molecule has 28 heavy (non-hydrogen) atoms. The van der Waals surface area contributed by atoms with Crippen LogP contribution in [-0.2, 0) is 15.7 Å². The van der Waals surface area contributed by atoms with E-state index in [0.717, 1.165) is 24.2 Å². The van der Waals surface area contributed by atoms with Crippen molar-refractivity contribution in [1.29, 1.82) is 0 Å². The van der Waals surface area contributed by atoms with Gasteiger partial charge in [-0.1, -0.05) is 25.1 Å². The second-order valence-corrected chi connectivity index (χ2v) is 11.1. The molecule has 1 aliphatic heterocycles. The number of aliphatic hydroxyl groups excluding tert-OH is 1. The zero-order valence-electron chi connectivity index (χ0n) is 18.1. The second-order valence-electron chi connectivity index (χ2n) is 11.1. The molecule has 1 N–H and O–H groups in total. The van der Waals surface area contributed by atoms with Crippen LogP contribution in [0.25, 0.3) is 0 Å². The maximum absolute atomic E-state index is 10.6. The van der Waals surface area contributed by atoms with E-state index in [2.05, 4.69) is 52.8 Å². The van der Waals surface area contributed by atoms with Crippen molar-refractivity contribution in [3.8, 4) is 0 Å². The zero-order chi connectivity index (χ0) is 19.9. The van der Waals surface area contributed by atoms with Crippen molar-refractivity contribution in [1.82, 2.24) is 0 Å². The average molecular weight is 382 g/mol. The maximum Gasteiger partial charge on any atom is 0.494 e. The first-order chi connectivity index (χ1) is 13.1. The quantitative estimate of drug-likeness (QED) is 0.740. The Morgan fingerprint density at radius 3 is 2.39 bits per heavy atom. The van der Waals surface area contributed by atoms with Gasteiger partial charge >= 0.3 is 7.12 Å². The van der Waals surface area contributed by atoms with E-state index in [0.29, 0.717) is 11.8 Å². The molecular weight excluding hydrogens is 347 g/mol. The highest BCUT2D eigenvalue weighted by molar-refractivity contribution is 6.62. The van der Waals surface area contributed by atoms with Gasteiger partial charge in [0, 0.05) is 0 Å². The molecule has 0 spiro atoms. The summed E-state index contributed by atoms with van der Waals surface area (Å²) < 4.78 is 12.6. The fourth-order valence-corrected chi connectivity index (χ4v) is 6.70. The summed E-state index contributed by atoms with van der Waals surface area (Å²) in [6, 6.07) is 6.95. The predicted molar refractivity (Wildman–Crippen MR) is 113 cm³/mol. The Kier molecular flexibility index (Phi) is 4.16. The summed E-state index contributed by atoms with van der Waals surface area (Å²) in [4.78, 5) is 0. The van der Waals surface area contributed by atoms with Gasteiger partial charge in [0.15, 0.2) is 0 Å². The summed E-state index contributed by atoms with van der Waals surface area (Å²) in [6.07, 6.45) is 6.91. The van der Waals surface area contributed by atoms with Crippen molar-refractivity contribution in [2.24, 2.45) is 17.3 Å². The van der Waals surface area contributed by atoms with Crippen LogP contribution in [0.1, 0.15) is 83.8 Å². The topological polar surface area (TPSA) is 38.7 Å². The largest absolute Gasteiger partial charge is 0.494 e. The minimum atomic E-state index is -0.296. The summed E-state index contributed by atoms with van der Waals surface area (Å²) in [6.45, 7) is 10.8. The standard InChI is InChI=1S/C24H35BO3/c1-22(2)23(3,4)28-25(27-22)16-7-9-17-15(14-16)6-8-19-18(17)12-13-24(5)20(19)10-11-21(24)26/h7,9,14,18-21,26H,6,8,10-13H2,1-5H3. The van der Waals surface area contributed by atoms with Crippen molar-refractivity contribution >= 4 is 12.6 Å². The van der Waals surface area contributed by atoms with Crippen LogP contribution in [0.3, 0.4) is 0 Å². The lowest BCUT2D eigenvalue weighted by molar-refractivity contribution is -0.0226. The molecule has 0 amide bonds. The summed E-state index contributed by atoms with van der Waals surface area (Å²) in [5, 5.41) is 10.6. The van der Waals surface area contributed by atoms with Crippen molar-refractivity contribution in [2.45, 2.75) is 96.4 Å². The number of benzene rings is 1. The molecule has 0 bridgehead atoms. The molecule has 0 aromatic heterocycles. The normalized spacial score (nSPS) is 40.7. The van der Waals surface area contributed by atoms with E-state index in [-0.39, 0.29) is 29.8 Å². The predicted octanol–water partition coefficient (Wildman–Crippen LogP) is 4.20. The number of fused-ring (bicyclic) bond motifs is 5. The highest BCUT2D eigenvalue weighted by Gasteiger charge is 2.55. The first-order valence-electron chi connectivity index (χ1n) is 11.3. The van der Waals surface area contributed by atoms with Gasteiger partial charge in [0.1, 0.15) is 0 Å². The molecule has 1 saturated heterocycles. The molecule has 0 radical (unpaired) electrons. The average Bonchev–Trinajstić information content (AvgIpc) is 3.06. The molecule has 3 nitrogen and oxygen atoms in total. The molecule has 5 rings (SSSR count). The Morgan fingerprint density at radius 1 is 0.964 bits per heavy atom. The SMILES string of the molecule is CC12CCC3c4ccc(B5OC(C)(C)C(C)(C)O5)cc4CCC3C1CCC2O. The summed E-state index contributed by atoms with van der Waals surface area (Å²) in [5.41, 5.74) is 3.77. The van der Waals surface area contributed by atoms with E-state index in [1.807, 2.05) is 0 Å². The third-order valence-electron chi connectivity index (χ3n) is 9.23. The molecule has 3 aliphatic carbocycles. The highest BCUT2D eigenvalue weighted by Crippen LogP contribution is 2.60. The summed E-state index contributed by atoms with van der Waals surface area (Å²) in [7, 11) is -0.271. The molecule has 4 heteroatoms. The van der Waals surface area contributed by atoms with Gasteiger partial charge in [-0.25, -0.2) is 0 Å². The second kappa shape index (κ2) is 6.09. The third kappa shape index (κ3) is 2.60. The van der Waals surface area contributed by atoms with E-state index in [1.165, 1.54) is 31.2 Å². The molecule has 2 saturated carbocycles. The zero-order valence-corrected chi connectivity index (χ0v) is 18.1. The number of hydrogen-bond donors (Lipinski definition) is 1. The molecule has 1 aromatic rings. The molecule has 3 fully saturated rings. The van der Waals surface area contributed by atoms with Crippen molar-refractivity contribution in [3.05, 3.63) is 29.3 Å². The van der Waals surface area contributed by atoms with Crippen LogP contribution in [0.4, 0.5) is 0 Å². The Labute approximate surface area is 170 Å². The minimum absolute atomic E-state index is 0.0920. The Balaban J connectivity index is 1.42. The van der Waals surface area contributed by atoms with Crippen LogP contribution in [-0.4, -0.2) is 29.5 Å². The van der Waals surface area contributed by atoms with Crippen LogP contribution in [0.2, 0.25) is 0 Å². The number of aliphatic hydroxyl groups is 1. The van der Waals surface area contributed by atoms with E-state index in [9.17, 15) is 5.11 Å². The van der Waals surface area contributed by atoms with Gasteiger partial charge in [-0.05, 0) is 106 Å². The maximum atomic E-state index is 10.6. The Bertz CT molecular complexity index is 772. The van der Waals surface area contributed by atoms with Crippen molar-refractivity contribution < 1.29 is 14.4 Å². The smallest absolute Gasteiger partial charge is 0.399 e. The van der Waals surface area contributed by atoms with Gasteiger partial charge in [0.2, 0.25) is 0 Å². The van der Waals surface area contributed by atoms with Crippen LogP contribution in [0, 0.1) is 17.3 Å². The fourth-order valence-electron chi connectivity index (χ4n) is 6.70. The van der Waals surface area contributed by atoms with Crippen molar-refractivity contribution in [2.75, 3.05) is 0 Å². The molecule has 4 aliphatic rings. The van der Waals surface area contributed by atoms with Gasteiger partial charge in [-0.15, -0.1) is 0 Å². The Hall–Kier alpha value is -0.835. The number of hydrogen-bond acceptors (Lipinski definition) is 3.